The molecule has 35 heavy (non-hydrogen) atoms. The molecule has 3 saturated heterocycles. The first-order valence-electron chi connectivity index (χ1n) is 8.25. The summed E-state index contributed by atoms with van der Waals surface area (Å²) in [6, 6.07) is 0. The second-order valence-electron chi connectivity index (χ2n) is 5.46. The number of amides is 6. The molecule has 0 aromatic rings. The fraction of sp³-hybridized carbons (Fsp3) is 0.353. The predicted molar refractivity (Wildman–Crippen MR) is 99.1 cm³/mol. The zero-order chi connectivity index (χ0) is 23.6. The molecule has 0 aromatic carbocycles. The van der Waals surface area contributed by atoms with Crippen LogP contribution in [0.15, 0.2) is 0 Å². The molecule has 190 valence electrons. The van der Waals surface area contributed by atoms with E-state index in [1.54, 1.807) is 0 Å². The van der Waals surface area contributed by atoms with E-state index in [4.69, 9.17) is 9.90 Å². The molecule has 6 amide bonds. The van der Waals surface area contributed by atoms with Gasteiger partial charge >= 0.3 is 6.16 Å². The van der Waals surface area contributed by atoms with Crippen molar-refractivity contribution in [2.45, 2.75) is 38.5 Å². The van der Waals surface area contributed by atoms with Gasteiger partial charge in [-0.1, -0.05) is 10.1 Å². The Labute approximate surface area is 249 Å². The molecular weight excluding hydrogens is 632 g/mol. The van der Waals surface area contributed by atoms with Crippen LogP contribution in [0.4, 0.5) is 4.79 Å². The van der Waals surface area contributed by atoms with Crippen molar-refractivity contribution < 1.29 is 128 Å². The number of hydroxylamine groups is 6. The fourth-order valence-corrected chi connectivity index (χ4v) is 2.18. The molecule has 0 aliphatic carbocycles. The van der Waals surface area contributed by atoms with Crippen LogP contribution in [0.2, 0.25) is 0 Å². The van der Waals surface area contributed by atoms with Crippen LogP contribution >= 0.6 is 0 Å². The number of carbonyl (C=O) groups is 8. The van der Waals surface area contributed by atoms with Crippen LogP contribution in [-0.2, 0) is 118 Å². The second kappa shape index (κ2) is 20.1. The number of carbonyl (C=O) groups excluding carboxylic acids is 8. The number of nitrogens with zero attached hydrogens (tertiary/aromatic N) is 3. The SMILES string of the molecule is O=C(ON1C(=O)CCC1=O)ON1C(=O)CCC1=O.O=CO.O=[C-]ON1C(=O)CCC1=O.[CH3-].[CH3-].[Y].[Y]. The van der Waals surface area contributed by atoms with Gasteiger partial charge in [0.2, 0.25) is 0 Å². The largest absolute Gasteiger partial charge is 0.560 e. The monoisotopic (exact) mass is 652 g/mol. The molecule has 3 fully saturated rings. The first kappa shape index (κ1) is 40.0. The Kier molecular flexibility index (Phi) is 23.0. The average Bonchev–Trinajstić information content (AvgIpc) is 3.32. The van der Waals surface area contributed by atoms with Crippen molar-refractivity contribution in [3.63, 3.8) is 0 Å². The van der Waals surface area contributed by atoms with E-state index in [0.717, 1.165) is 6.47 Å². The van der Waals surface area contributed by atoms with Crippen LogP contribution in [0.3, 0.4) is 0 Å². The van der Waals surface area contributed by atoms with E-state index in [0.29, 0.717) is 5.06 Å². The third kappa shape index (κ3) is 12.4. The van der Waals surface area contributed by atoms with Gasteiger partial charge in [-0.15, -0.1) is 5.06 Å². The number of rotatable bonds is 4. The summed E-state index contributed by atoms with van der Waals surface area (Å²) in [5.41, 5.74) is 0. The minimum Gasteiger partial charge on any atom is -0.536 e. The topological polar surface area (TPSA) is 211 Å². The standard InChI is InChI=1S/C9H8N2O7.C5H4NO4.CH2O2.2CH3.2Y/c12-5-1-2-6(13)10(5)17-9(16)18-11-7(14)3-4-8(11)15;7-3-10-6-4(8)1-2-5(6)9;2-1-3;;;;/h1-4H2;1-2H2;1H,(H,2,3);2*1H3;;/q;-1;;2*-1;;. The van der Waals surface area contributed by atoms with Crippen molar-refractivity contribution in [3.05, 3.63) is 14.9 Å². The number of imide groups is 3. The van der Waals surface area contributed by atoms with Gasteiger partial charge in [-0.3, -0.25) is 43.2 Å². The summed E-state index contributed by atoms with van der Waals surface area (Å²) in [6.45, 7) is 0.755. The molecule has 0 atom stereocenters. The van der Waals surface area contributed by atoms with Crippen molar-refractivity contribution >= 4 is 54.5 Å². The molecule has 0 saturated carbocycles. The van der Waals surface area contributed by atoms with Gasteiger partial charge in [0, 0.05) is 104 Å². The first-order valence-corrected chi connectivity index (χ1v) is 8.25. The van der Waals surface area contributed by atoms with Crippen LogP contribution in [0.5, 0.6) is 0 Å². The van der Waals surface area contributed by atoms with E-state index < -0.39 is 41.6 Å². The third-order valence-corrected chi connectivity index (χ3v) is 3.48. The van der Waals surface area contributed by atoms with Gasteiger partial charge in [0.05, 0.1) is 0 Å². The summed E-state index contributed by atoms with van der Waals surface area (Å²) in [5.74, 6) is -3.72. The number of carboxylic acid groups (broad SMARTS) is 1. The van der Waals surface area contributed by atoms with E-state index in [-0.39, 0.29) is 135 Å². The second-order valence-corrected chi connectivity index (χ2v) is 5.46. The van der Waals surface area contributed by atoms with Crippen LogP contribution < -0.4 is 0 Å². The molecule has 16 nitrogen and oxygen atoms in total. The molecule has 1 N–H and O–H groups in total. The van der Waals surface area contributed by atoms with Crippen LogP contribution in [0.1, 0.15) is 38.5 Å². The molecule has 0 unspecified atom stereocenters. The predicted octanol–water partition coefficient (Wildman–Crippen LogP) is -1.00. The van der Waals surface area contributed by atoms with Gasteiger partial charge in [0.25, 0.3) is 41.9 Å². The van der Waals surface area contributed by atoms with Crippen molar-refractivity contribution in [1.29, 1.82) is 0 Å². The number of hydrogen-bond acceptors (Lipinski definition) is 12. The number of hydrogen-bond donors (Lipinski definition) is 1. The molecular formula is C17H20N3O13Y2-3. The van der Waals surface area contributed by atoms with Crippen LogP contribution in [0.25, 0.3) is 0 Å². The third-order valence-electron chi connectivity index (χ3n) is 3.48. The maximum atomic E-state index is 11.2. The van der Waals surface area contributed by atoms with Crippen molar-refractivity contribution in [1.82, 2.24) is 15.2 Å². The Bertz CT molecular complexity index is 733. The minimum absolute atomic E-state index is 0. The molecule has 3 rings (SSSR count). The normalized spacial score (nSPS) is 15.6. The van der Waals surface area contributed by atoms with E-state index in [2.05, 4.69) is 14.5 Å². The summed E-state index contributed by atoms with van der Waals surface area (Å²) in [6.07, 6.45) is -1.51. The summed E-state index contributed by atoms with van der Waals surface area (Å²) < 4.78 is 0. The maximum absolute atomic E-state index is 11.2. The Hall–Kier alpha value is -2.16. The smallest absolute Gasteiger partial charge is 0.536 e. The molecule has 0 bridgehead atoms. The van der Waals surface area contributed by atoms with Gasteiger partial charge in [-0.2, -0.15) is 4.79 Å². The summed E-state index contributed by atoms with van der Waals surface area (Å²) in [7, 11) is 0. The molecule has 18 heteroatoms. The van der Waals surface area contributed by atoms with Gasteiger partial charge in [0.1, 0.15) is 0 Å². The molecule has 2 radical (unpaired) electrons. The molecule has 0 aromatic heterocycles. The van der Waals surface area contributed by atoms with Crippen LogP contribution in [0, 0.1) is 14.9 Å². The summed E-state index contributed by atoms with van der Waals surface area (Å²) in [4.78, 5) is 107. The van der Waals surface area contributed by atoms with Gasteiger partial charge < -0.3 is 29.6 Å². The van der Waals surface area contributed by atoms with Gasteiger partial charge in [-0.05, 0) is 6.47 Å². The van der Waals surface area contributed by atoms with E-state index in [1.165, 1.54) is 0 Å². The van der Waals surface area contributed by atoms with Crippen molar-refractivity contribution in [2.75, 3.05) is 0 Å². The van der Waals surface area contributed by atoms with Crippen molar-refractivity contribution in [2.24, 2.45) is 0 Å². The van der Waals surface area contributed by atoms with E-state index >= 15 is 0 Å². The molecule has 0 spiro atoms. The summed E-state index contributed by atoms with van der Waals surface area (Å²) >= 11 is 0. The van der Waals surface area contributed by atoms with Crippen LogP contribution in [-0.4, -0.2) is 74.8 Å². The Morgan fingerprint density at radius 2 is 0.914 bits per heavy atom. The Morgan fingerprint density at radius 1 is 0.686 bits per heavy atom. The Morgan fingerprint density at radius 3 is 1.14 bits per heavy atom. The summed E-state index contributed by atoms with van der Waals surface area (Å²) in [5, 5.41) is 7.83. The van der Waals surface area contributed by atoms with Gasteiger partial charge in [-0.25, -0.2) is 0 Å². The quantitative estimate of drug-likeness (QED) is 0.220. The zero-order valence-electron chi connectivity index (χ0n) is 18.7. The molecule has 3 aliphatic heterocycles. The Balaban J connectivity index is -0.000000245. The van der Waals surface area contributed by atoms with E-state index in [1.807, 2.05) is 0 Å². The fourth-order valence-electron chi connectivity index (χ4n) is 2.18. The zero-order valence-corrected chi connectivity index (χ0v) is 24.3. The maximum Gasteiger partial charge on any atom is 0.560 e. The average molecular weight is 652 g/mol. The first-order chi connectivity index (χ1) is 14.7. The van der Waals surface area contributed by atoms with Gasteiger partial charge in [0.15, 0.2) is 0 Å². The molecule has 3 heterocycles. The molecule has 3 aliphatic rings. The van der Waals surface area contributed by atoms with E-state index in [9.17, 15) is 38.4 Å². The minimum atomic E-state index is -1.48. The van der Waals surface area contributed by atoms with Crippen molar-refractivity contribution in [3.8, 4) is 0 Å².